The third-order valence-electron chi connectivity index (χ3n) is 5.61. The number of amides is 1. The van der Waals surface area contributed by atoms with Gasteiger partial charge in [-0.15, -0.1) is 11.3 Å². The number of fused-ring (bicyclic) bond motifs is 1. The Morgan fingerprint density at radius 2 is 2.00 bits per heavy atom. The summed E-state index contributed by atoms with van der Waals surface area (Å²) in [5, 5.41) is 17.4. The number of halogens is 3. The van der Waals surface area contributed by atoms with Gasteiger partial charge in [0.15, 0.2) is 0 Å². The molecule has 176 valence electrons. The normalized spacial score (nSPS) is 19.2. The Morgan fingerprint density at radius 3 is 2.59 bits per heavy atom. The zero-order valence-corrected chi connectivity index (χ0v) is 18.5. The number of aliphatic carboxylic acids is 1. The average molecular weight is 474 g/mol. The van der Waals surface area contributed by atoms with E-state index in [1.807, 2.05) is 18.5 Å². The number of hydrogen-bond acceptors (Lipinski definition) is 6. The van der Waals surface area contributed by atoms with Gasteiger partial charge in [0.1, 0.15) is 5.69 Å². The first-order valence-corrected chi connectivity index (χ1v) is 11.3. The fourth-order valence-electron chi connectivity index (χ4n) is 4.09. The molecule has 3 heterocycles. The van der Waals surface area contributed by atoms with Gasteiger partial charge in [-0.2, -0.15) is 18.3 Å². The predicted molar refractivity (Wildman–Crippen MR) is 111 cm³/mol. The molecule has 1 unspecified atom stereocenters. The predicted octanol–water partition coefficient (Wildman–Crippen LogP) is 3.40. The van der Waals surface area contributed by atoms with Crippen LogP contribution in [-0.4, -0.2) is 62.0 Å². The molecule has 1 aliphatic heterocycles. The van der Waals surface area contributed by atoms with Crippen molar-refractivity contribution >= 4 is 23.2 Å². The topological polar surface area (TPSA) is 100 Å². The van der Waals surface area contributed by atoms with Gasteiger partial charge < -0.3 is 10.4 Å². The molecule has 2 N–H and O–H groups in total. The van der Waals surface area contributed by atoms with Gasteiger partial charge in [0.25, 0.3) is 5.91 Å². The SMILES string of the molecule is Cc1nc(C(=O)NCCC2CN(C3CCCC3)Cc3ccnn32)cs1.O=C(O)C(F)(F)F. The summed E-state index contributed by atoms with van der Waals surface area (Å²) in [5.41, 5.74) is 1.82. The number of hydrogen-bond donors (Lipinski definition) is 2. The number of aryl methyl sites for hydroxylation is 1. The van der Waals surface area contributed by atoms with Crippen LogP contribution in [0.25, 0.3) is 0 Å². The van der Waals surface area contributed by atoms with Crippen LogP contribution in [0.4, 0.5) is 13.2 Å². The van der Waals surface area contributed by atoms with Crippen molar-refractivity contribution in [3.63, 3.8) is 0 Å². The maximum atomic E-state index is 12.2. The molecule has 2 aliphatic rings. The fraction of sp³-hybridized carbons (Fsp3) is 0.600. The van der Waals surface area contributed by atoms with Gasteiger partial charge >= 0.3 is 12.1 Å². The summed E-state index contributed by atoms with van der Waals surface area (Å²) in [4.78, 5) is 27.9. The molecule has 8 nitrogen and oxygen atoms in total. The van der Waals surface area contributed by atoms with Crippen molar-refractivity contribution in [1.29, 1.82) is 0 Å². The number of aromatic nitrogens is 3. The lowest BCUT2D eigenvalue weighted by atomic mass is 10.1. The van der Waals surface area contributed by atoms with Crippen molar-refractivity contribution in [1.82, 2.24) is 25.0 Å². The molecule has 12 heteroatoms. The van der Waals surface area contributed by atoms with E-state index in [9.17, 15) is 18.0 Å². The molecule has 0 radical (unpaired) electrons. The second-order valence-corrected chi connectivity index (χ2v) is 8.95. The van der Waals surface area contributed by atoms with Crippen LogP contribution in [0.3, 0.4) is 0 Å². The number of carbonyl (C=O) groups excluding carboxylic acids is 1. The Balaban J connectivity index is 0.000000360. The number of rotatable bonds is 5. The van der Waals surface area contributed by atoms with Crippen LogP contribution >= 0.6 is 11.3 Å². The lowest BCUT2D eigenvalue weighted by Gasteiger charge is -2.37. The van der Waals surface area contributed by atoms with Gasteiger partial charge in [-0.3, -0.25) is 14.4 Å². The summed E-state index contributed by atoms with van der Waals surface area (Å²) in [5.74, 6) is -2.83. The van der Waals surface area contributed by atoms with Gasteiger partial charge in [0.05, 0.1) is 16.7 Å². The Bertz CT molecular complexity index is 924. The van der Waals surface area contributed by atoms with Gasteiger partial charge in [0, 0.05) is 37.3 Å². The fourth-order valence-corrected chi connectivity index (χ4v) is 4.68. The highest BCUT2D eigenvalue weighted by Crippen LogP contribution is 2.30. The largest absolute Gasteiger partial charge is 0.490 e. The molecule has 1 amide bonds. The van der Waals surface area contributed by atoms with E-state index in [1.165, 1.54) is 42.7 Å². The molecule has 2 aromatic rings. The van der Waals surface area contributed by atoms with E-state index in [1.54, 1.807) is 0 Å². The van der Waals surface area contributed by atoms with E-state index in [4.69, 9.17) is 9.90 Å². The van der Waals surface area contributed by atoms with Crippen molar-refractivity contribution in [3.8, 4) is 0 Å². The minimum absolute atomic E-state index is 0.0755. The van der Waals surface area contributed by atoms with Crippen molar-refractivity contribution in [2.24, 2.45) is 0 Å². The van der Waals surface area contributed by atoms with Crippen LogP contribution in [0, 0.1) is 6.92 Å². The quantitative estimate of drug-likeness (QED) is 0.691. The number of thiazole rings is 1. The van der Waals surface area contributed by atoms with E-state index < -0.39 is 12.1 Å². The summed E-state index contributed by atoms with van der Waals surface area (Å²) < 4.78 is 33.9. The molecule has 0 aromatic carbocycles. The van der Waals surface area contributed by atoms with E-state index in [0.29, 0.717) is 18.3 Å². The van der Waals surface area contributed by atoms with Crippen molar-refractivity contribution in [2.75, 3.05) is 13.1 Å². The first-order valence-electron chi connectivity index (χ1n) is 10.4. The highest BCUT2D eigenvalue weighted by molar-refractivity contribution is 7.09. The van der Waals surface area contributed by atoms with Crippen LogP contribution in [0.5, 0.6) is 0 Å². The van der Waals surface area contributed by atoms with Crippen LogP contribution in [0.15, 0.2) is 17.6 Å². The summed E-state index contributed by atoms with van der Waals surface area (Å²) in [6, 6.07) is 3.18. The van der Waals surface area contributed by atoms with Crippen molar-refractivity contribution < 1.29 is 27.9 Å². The number of nitrogens with one attached hydrogen (secondary N) is 1. The van der Waals surface area contributed by atoms with Gasteiger partial charge in [0.2, 0.25) is 0 Å². The number of nitrogens with zero attached hydrogens (tertiary/aromatic N) is 4. The van der Waals surface area contributed by atoms with Gasteiger partial charge in [-0.05, 0) is 32.3 Å². The smallest absolute Gasteiger partial charge is 0.475 e. The van der Waals surface area contributed by atoms with Crippen LogP contribution in [0.1, 0.15) is 59.3 Å². The number of carboxylic acid groups (broad SMARTS) is 1. The Hall–Kier alpha value is -2.47. The first kappa shape index (κ1) is 24.2. The standard InChI is InChI=1S/C18H25N5OS.C2HF3O2/c1-13-21-17(12-25-13)18(24)19-8-6-15-10-22(14-4-2-3-5-14)11-16-7-9-20-23(15)16;3-2(4,5)1(6)7/h7,9,12,14-15H,2-6,8,10-11H2,1H3,(H,19,24);(H,6,7). The molecule has 0 spiro atoms. The number of carboxylic acids is 1. The zero-order valence-electron chi connectivity index (χ0n) is 17.6. The molecule has 0 bridgehead atoms. The zero-order chi connectivity index (χ0) is 23.3. The van der Waals surface area contributed by atoms with Gasteiger partial charge in [-0.1, -0.05) is 12.8 Å². The summed E-state index contributed by atoms with van der Waals surface area (Å²) >= 11 is 1.51. The van der Waals surface area contributed by atoms with Gasteiger partial charge in [-0.25, -0.2) is 9.78 Å². The minimum Gasteiger partial charge on any atom is -0.475 e. The molecule has 1 fully saturated rings. The van der Waals surface area contributed by atoms with Crippen molar-refractivity contribution in [2.45, 2.75) is 63.8 Å². The van der Waals surface area contributed by atoms with E-state index in [2.05, 4.69) is 31.0 Å². The lowest BCUT2D eigenvalue weighted by Crippen LogP contribution is -2.43. The lowest BCUT2D eigenvalue weighted by molar-refractivity contribution is -0.192. The van der Waals surface area contributed by atoms with E-state index in [-0.39, 0.29) is 5.91 Å². The Morgan fingerprint density at radius 1 is 1.31 bits per heavy atom. The first-order chi connectivity index (χ1) is 15.1. The molecule has 2 aromatic heterocycles. The second-order valence-electron chi connectivity index (χ2n) is 7.89. The molecular formula is C20H26F3N5O3S. The molecule has 0 saturated heterocycles. The van der Waals surface area contributed by atoms with E-state index >= 15 is 0 Å². The third kappa shape index (κ3) is 6.28. The molecular weight excluding hydrogens is 447 g/mol. The number of carbonyl (C=O) groups is 2. The maximum Gasteiger partial charge on any atom is 0.490 e. The molecule has 1 atom stereocenters. The average Bonchev–Trinajstić information content (AvgIpc) is 3.48. The Kier molecular flexibility index (Phi) is 7.88. The summed E-state index contributed by atoms with van der Waals surface area (Å²) in [7, 11) is 0. The molecule has 1 aliphatic carbocycles. The second kappa shape index (κ2) is 10.4. The molecule has 1 saturated carbocycles. The van der Waals surface area contributed by atoms with Crippen LogP contribution in [0.2, 0.25) is 0 Å². The highest BCUT2D eigenvalue weighted by atomic mass is 32.1. The maximum absolute atomic E-state index is 12.2. The Labute approximate surface area is 187 Å². The molecule has 32 heavy (non-hydrogen) atoms. The van der Waals surface area contributed by atoms with Crippen molar-refractivity contribution in [3.05, 3.63) is 34.0 Å². The van der Waals surface area contributed by atoms with Crippen LogP contribution < -0.4 is 5.32 Å². The molecule has 4 rings (SSSR count). The van der Waals surface area contributed by atoms with Crippen LogP contribution in [-0.2, 0) is 11.3 Å². The van der Waals surface area contributed by atoms with E-state index in [0.717, 1.165) is 30.6 Å². The minimum atomic E-state index is -5.08. The monoisotopic (exact) mass is 473 g/mol. The summed E-state index contributed by atoms with van der Waals surface area (Å²) in [6.45, 7) is 4.61. The number of alkyl halides is 3. The summed E-state index contributed by atoms with van der Waals surface area (Å²) in [6.07, 6.45) is 3.06. The third-order valence-corrected chi connectivity index (χ3v) is 6.38. The highest BCUT2D eigenvalue weighted by Gasteiger charge is 2.38.